The van der Waals surface area contributed by atoms with Crippen LogP contribution in [0.3, 0.4) is 0 Å². The van der Waals surface area contributed by atoms with Crippen LogP contribution in [0.1, 0.15) is 17.4 Å². The Balaban J connectivity index is 2.62. The Morgan fingerprint density at radius 3 is 2.82 bits per heavy atom. The molecular formula is C13H13NO3. The maximum Gasteiger partial charge on any atom is 0.357 e. The van der Waals surface area contributed by atoms with Gasteiger partial charge in [-0.3, -0.25) is 0 Å². The van der Waals surface area contributed by atoms with E-state index in [1.807, 2.05) is 24.3 Å². The largest absolute Gasteiger partial charge is 0.481 e. The summed E-state index contributed by atoms with van der Waals surface area (Å²) in [6.07, 6.45) is 0. The van der Waals surface area contributed by atoms with Crippen LogP contribution in [0.15, 0.2) is 30.3 Å². The molecule has 0 bridgehead atoms. The third kappa shape index (κ3) is 2.20. The maximum atomic E-state index is 11.8. The lowest BCUT2D eigenvalue weighted by Crippen LogP contribution is -2.08. The third-order valence-electron chi connectivity index (χ3n) is 2.39. The minimum absolute atomic E-state index is 0.293. The third-order valence-corrected chi connectivity index (χ3v) is 2.39. The summed E-state index contributed by atoms with van der Waals surface area (Å²) in [5.41, 5.74) is 0.293. The fourth-order valence-electron chi connectivity index (χ4n) is 1.63. The predicted molar refractivity (Wildman–Crippen MR) is 64.3 cm³/mol. The highest BCUT2D eigenvalue weighted by molar-refractivity contribution is 6.03. The molecule has 1 heterocycles. The summed E-state index contributed by atoms with van der Waals surface area (Å²) in [6.45, 7) is 2.09. The van der Waals surface area contributed by atoms with Gasteiger partial charge in [-0.1, -0.05) is 24.3 Å². The zero-order valence-electron chi connectivity index (χ0n) is 9.77. The molecule has 4 nitrogen and oxygen atoms in total. The number of hydrogen-bond acceptors (Lipinski definition) is 4. The minimum atomic E-state index is -0.428. The highest BCUT2D eigenvalue weighted by atomic mass is 16.5. The number of carbonyl (C=O) groups excluding carboxylic acids is 1. The first-order valence-corrected chi connectivity index (χ1v) is 5.37. The lowest BCUT2D eigenvalue weighted by atomic mass is 10.1. The van der Waals surface area contributed by atoms with Gasteiger partial charge in [0.25, 0.3) is 0 Å². The predicted octanol–water partition coefficient (Wildman–Crippen LogP) is 2.42. The Morgan fingerprint density at radius 1 is 1.35 bits per heavy atom. The molecule has 1 aromatic heterocycles. The van der Waals surface area contributed by atoms with Gasteiger partial charge in [0.05, 0.1) is 13.7 Å². The second-order valence-corrected chi connectivity index (χ2v) is 3.45. The van der Waals surface area contributed by atoms with Gasteiger partial charge in [-0.05, 0) is 12.3 Å². The van der Waals surface area contributed by atoms with Crippen LogP contribution in [0.2, 0.25) is 0 Å². The second-order valence-electron chi connectivity index (χ2n) is 3.45. The zero-order chi connectivity index (χ0) is 12.3. The van der Waals surface area contributed by atoms with Crippen molar-refractivity contribution in [2.75, 3.05) is 13.7 Å². The average Bonchev–Trinajstić information content (AvgIpc) is 2.37. The first-order chi connectivity index (χ1) is 8.26. The number of carbonyl (C=O) groups is 1. The van der Waals surface area contributed by atoms with E-state index in [-0.39, 0.29) is 0 Å². The zero-order valence-corrected chi connectivity index (χ0v) is 9.77. The van der Waals surface area contributed by atoms with Crippen molar-refractivity contribution in [2.24, 2.45) is 0 Å². The van der Waals surface area contributed by atoms with E-state index >= 15 is 0 Å². The molecule has 0 aliphatic rings. The molecule has 88 valence electrons. The molecule has 0 amide bonds. The molecule has 0 aliphatic heterocycles. The van der Waals surface area contributed by atoms with Crippen molar-refractivity contribution in [1.29, 1.82) is 0 Å². The fourth-order valence-corrected chi connectivity index (χ4v) is 1.63. The number of esters is 1. The number of ether oxygens (including phenoxy) is 2. The number of rotatable bonds is 3. The number of nitrogens with zero attached hydrogens (tertiary/aromatic N) is 1. The summed E-state index contributed by atoms with van der Waals surface area (Å²) < 4.78 is 10.1. The van der Waals surface area contributed by atoms with Gasteiger partial charge < -0.3 is 9.47 Å². The molecule has 0 N–H and O–H groups in total. The van der Waals surface area contributed by atoms with Crippen molar-refractivity contribution in [3.05, 3.63) is 36.0 Å². The molecule has 4 heteroatoms. The van der Waals surface area contributed by atoms with Crippen LogP contribution in [0.25, 0.3) is 10.8 Å². The van der Waals surface area contributed by atoms with Crippen molar-refractivity contribution in [3.63, 3.8) is 0 Å². The van der Waals surface area contributed by atoms with Gasteiger partial charge in [0.15, 0.2) is 5.69 Å². The summed E-state index contributed by atoms with van der Waals surface area (Å²) in [6, 6.07) is 9.30. The van der Waals surface area contributed by atoms with E-state index in [4.69, 9.17) is 9.47 Å². The normalized spacial score (nSPS) is 10.2. The van der Waals surface area contributed by atoms with E-state index in [0.717, 1.165) is 10.8 Å². The van der Waals surface area contributed by atoms with Crippen molar-refractivity contribution in [3.8, 4) is 5.88 Å². The number of benzene rings is 1. The first kappa shape index (κ1) is 11.4. The van der Waals surface area contributed by atoms with E-state index < -0.39 is 5.97 Å². The molecule has 17 heavy (non-hydrogen) atoms. The smallest absolute Gasteiger partial charge is 0.357 e. The molecule has 0 saturated carbocycles. The van der Waals surface area contributed by atoms with Crippen LogP contribution in [-0.2, 0) is 4.74 Å². The second kappa shape index (κ2) is 4.82. The van der Waals surface area contributed by atoms with E-state index in [1.165, 1.54) is 7.11 Å². The van der Waals surface area contributed by atoms with Crippen LogP contribution in [0.4, 0.5) is 0 Å². The summed E-state index contributed by atoms with van der Waals surface area (Å²) in [5, 5.41) is 1.68. The van der Waals surface area contributed by atoms with Gasteiger partial charge in [0, 0.05) is 11.5 Å². The summed E-state index contributed by atoms with van der Waals surface area (Å²) in [7, 11) is 1.52. The van der Waals surface area contributed by atoms with Crippen molar-refractivity contribution in [1.82, 2.24) is 4.98 Å². The van der Waals surface area contributed by atoms with Crippen LogP contribution < -0.4 is 4.74 Å². The Hall–Kier alpha value is -2.10. The topological polar surface area (TPSA) is 48.4 Å². The van der Waals surface area contributed by atoms with Crippen LogP contribution in [-0.4, -0.2) is 24.7 Å². The minimum Gasteiger partial charge on any atom is -0.481 e. The molecule has 2 aromatic rings. The Morgan fingerprint density at radius 2 is 2.12 bits per heavy atom. The fraction of sp³-hybridized carbons (Fsp3) is 0.231. The highest BCUT2D eigenvalue weighted by Crippen LogP contribution is 2.22. The molecule has 0 atom stereocenters. The maximum absolute atomic E-state index is 11.8. The molecule has 0 spiro atoms. The molecule has 0 fully saturated rings. The van der Waals surface area contributed by atoms with E-state index in [1.54, 1.807) is 13.0 Å². The average molecular weight is 231 g/mol. The van der Waals surface area contributed by atoms with Crippen molar-refractivity contribution >= 4 is 16.7 Å². The SMILES string of the molecule is CCOC(=O)c1nc(OC)cc2ccccc12. The highest BCUT2D eigenvalue weighted by Gasteiger charge is 2.14. The van der Waals surface area contributed by atoms with Gasteiger partial charge in [0.1, 0.15) is 0 Å². The molecule has 0 unspecified atom stereocenters. The first-order valence-electron chi connectivity index (χ1n) is 5.37. The molecular weight excluding hydrogens is 218 g/mol. The number of methoxy groups -OCH3 is 1. The van der Waals surface area contributed by atoms with Crippen LogP contribution in [0.5, 0.6) is 5.88 Å². The molecule has 0 saturated heterocycles. The van der Waals surface area contributed by atoms with Crippen LogP contribution in [0, 0.1) is 0 Å². The summed E-state index contributed by atoms with van der Waals surface area (Å²) in [4.78, 5) is 15.9. The van der Waals surface area contributed by atoms with Gasteiger partial charge >= 0.3 is 5.97 Å². The molecule has 1 aromatic carbocycles. The lowest BCUT2D eigenvalue weighted by Gasteiger charge is -2.07. The van der Waals surface area contributed by atoms with Gasteiger partial charge in [-0.25, -0.2) is 9.78 Å². The van der Waals surface area contributed by atoms with Crippen LogP contribution >= 0.6 is 0 Å². The number of fused-ring (bicyclic) bond motifs is 1. The number of hydrogen-bond donors (Lipinski definition) is 0. The Bertz CT molecular complexity index is 551. The Kier molecular flexibility index (Phi) is 3.23. The Labute approximate surface area is 99.2 Å². The van der Waals surface area contributed by atoms with E-state index in [2.05, 4.69) is 4.98 Å². The summed E-state index contributed by atoms with van der Waals surface area (Å²) >= 11 is 0. The van der Waals surface area contributed by atoms with Crippen molar-refractivity contribution in [2.45, 2.75) is 6.92 Å². The standard InChI is InChI=1S/C13H13NO3/c1-3-17-13(15)12-10-7-5-4-6-9(10)8-11(14-12)16-2/h4-8H,3H2,1-2H3. The molecule has 2 rings (SSSR count). The monoisotopic (exact) mass is 231 g/mol. The number of aromatic nitrogens is 1. The number of pyridine rings is 1. The molecule has 0 radical (unpaired) electrons. The molecule has 0 aliphatic carbocycles. The van der Waals surface area contributed by atoms with E-state index in [9.17, 15) is 4.79 Å². The van der Waals surface area contributed by atoms with Gasteiger partial charge in [-0.2, -0.15) is 0 Å². The van der Waals surface area contributed by atoms with Crippen molar-refractivity contribution < 1.29 is 14.3 Å². The lowest BCUT2D eigenvalue weighted by molar-refractivity contribution is 0.0521. The summed E-state index contributed by atoms with van der Waals surface area (Å²) in [5.74, 6) is -0.0191. The quantitative estimate of drug-likeness (QED) is 0.761. The van der Waals surface area contributed by atoms with Gasteiger partial charge in [0.2, 0.25) is 5.88 Å². The van der Waals surface area contributed by atoms with E-state index in [0.29, 0.717) is 18.2 Å². The van der Waals surface area contributed by atoms with Gasteiger partial charge in [-0.15, -0.1) is 0 Å².